The highest BCUT2D eigenvalue weighted by molar-refractivity contribution is 5.87. The van der Waals surface area contributed by atoms with Gasteiger partial charge >= 0.3 is 0 Å². The molecule has 1 saturated carbocycles. The van der Waals surface area contributed by atoms with Crippen LogP contribution in [0.25, 0.3) is 0 Å². The molecule has 0 bridgehead atoms. The maximum atomic E-state index is 12.7. The van der Waals surface area contributed by atoms with Crippen molar-refractivity contribution in [2.24, 2.45) is 11.7 Å². The first-order chi connectivity index (χ1) is 10.1. The van der Waals surface area contributed by atoms with Crippen molar-refractivity contribution < 1.29 is 4.79 Å². The van der Waals surface area contributed by atoms with Gasteiger partial charge in [-0.25, -0.2) is 0 Å². The van der Waals surface area contributed by atoms with Crippen LogP contribution in [0.5, 0.6) is 0 Å². The van der Waals surface area contributed by atoms with Gasteiger partial charge in [0.1, 0.15) is 0 Å². The minimum atomic E-state index is -0.524. The number of amides is 1. The summed E-state index contributed by atoms with van der Waals surface area (Å²) in [6.07, 6.45) is 6.22. The lowest BCUT2D eigenvalue weighted by molar-refractivity contribution is -0.126. The summed E-state index contributed by atoms with van der Waals surface area (Å²) in [5.41, 5.74) is 6.44. The van der Waals surface area contributed by atoms with Gasteiger partial charge in [-0.2, -0.15) is 0 Å². The van der Waals surface area contributed by atoms with Crippen LogP contribution in [-0.2, 0) is 10.2 Å². The van der Waals surface area contributed by atoms with E-state index in [0.29, 0.717) is 12.5 Å². The largest absolute Gasteiger partial charge is 0.351 e. The molecule has 1 unspecified atom stereocenters. The Bertz CT molecular complexity index is 455. The van der Waals surface area contributed by atoms with Crippen molar-refractivity contribution in [1.29, 1.82) is 0 Å². The van der Waals surface area contributed by atoms with Crippen molar-refractivity contribution in [3.63, 3.8) is 0 Å². The highest BCUT2D eigenvalue weighted by Crippen LogP contribution is 2.28. The third-order valence-electron chi connectivity index (χ3n) is 4.85. The third-order valence-corrected chi connectivity index (χ3v) is 4.85. The van der Waals surface area contributed by atoms with Gasteiger partial charge in [-0.3, -0.25) is 4.79 Å². The summed E-state index contributed by atoms with van der Waals surface area (Å²) in [5, 5.41) is 3.21. The molecule has 0 saturated heterocycles. The molecular formula is C18H29ClN2O. The highest BCUT2D eigenvalue weighted by atomic mass is 35.5. The predicted octanol–water partition coefficient (Wildman–Crippen LogP) is 3.41. The van der Waals surface area contributed by atoms with Crippen molar-refractivity contribution in [3.05, 3.63) is 35.9 Å². The van der Waals surface area contributed by atoms with Gasteiger partial charge in [-0.05, 0) is 38.2 Å². The SMILES string of the molecule is CC(C)(C(=O)NC(CN)C1CCCCC1)c1ccccc1.Cl. The molecule has 1 atom stereocenters. The van der Waals surface area contributed by atoms with Crippen LogP contribution in [0.1, 0.15) is 51.5 Å². The van der Waals surface area contributed by atoms with E-state index < -0.39 is 5.41 Å². The molecule has 0 aliphatic heterocycles. The molecule has 1 aliphatic rings. The van der Waals surface area contributed by atoms with Gasteiger partial charge in [0.05, 0.1) is 5.41 Å². The quantitative estimate of drug-likeness (QED) is 0.872. The van der Waals surface area contributed by atoms with Gasteiger partial charge in [0.2, 0.25) is 5.91 Å². The molecule has 4 heteroatoms. The summed E-state index contributed by atoms with van der Waals surface area (Å²) in [7, 11) is 0. The molecule has 1 aliphatic carbocycles. The predicted molar refractivity (Wildman–Crippen MR) is 94.3 cm³/mol. The molecule has 1 aromatic carbocycles. The van der Waals surface area contributed by atoms with Crippen LogP contribution in [0, 0.1) is 5.92 Å². The first-order valence-corrected chi connectivity index (χ1v) is 8.12. The number of rotatable bonds is 5. The standard InChI is InChI=1S/C18H28N2O.ClH/c1-18(2,15-11-7-4-8-12-15)17(21)20-16(13-19)14-9-5-3-6-10-14;/h4,7-8,11-12,14,16H,3,5-6,9-10,13,19H2,1-2H3,(H,20,21);1H. The Kier molecular flexibility index (Phi) is 7.37. The monoisotopic (exact) mass is 324 g/mol. The van der Waals surface area contributed by atoms with E-state index in [4.69, 9.17) is 5.73 Å². The van der Waals surface area contributed by atoms with Gasteiger partial charge in [-0.15, -0.1) is 12.4 Å². The number of nitrogens with one attached hydrogen (secondary N) is 1. The smallest absolute Gasteiger partial charge is 0.230 e. The summed E-state index contributed by atoms with van der Waals surface area (Å²) in [6.45, 7) is 4.49. The molecule has 1 aromatic rings. The van der Waals surface area contributed by atoms with Gasteiger partial charge in [0.25, 0.3) is 0 Å². The summed E-state index contributed by atoms with van der Waals surface area (Å²) < 4.78 is 0. The first-order valence-electron chi connectivity index (χ1n) is 8.12. The van der Waals surface area contributed by atoms with Crippen LogP contribution < -0.4 is 11.1 Å². The van der Waals surface area contributed by atoms with Crippen LogP contribution in [0.2, 0.25) is 0 Å². The minimum absolute atomic E-state index is 0. The summed E-state index contributed by atoms with van der Waals surface area (Å²) in [5.74, 6) is 0.619. The number of carbonyl (C=O) groups excluding carboxylic acids is 1. The van der Waals surface area contributed by atoms with Crippen molar-refractivity contribution in [1.82, 2.24) is 5.32 Å². The molecule has 22 heavy (non-hydrogen) atoms. The van der Waals surface area contributed by atoms with E-state index in [0.717, 1.165) is 5.56 Å². The second-order valence-electron chi connectivity index (χ2n) is 6.70. The molecule has 1 amide bonds. The molecule has 0 spiro atoms. The van der Waals surface area contributed by atoms with E-state index in [-0.39, 0.29) is 24.4 Å². The number of benzene rings is 1. The molecule has 0 aromatic heterocycles. The zero-order valence-electron chi connectivity index (χ0n) is 13.7. The third kappa shape index (κ3) is 4.47. The Balaban J connectivity index is 0.00000242. The maximum Gasteiger partial charge on any atom is 0.230 e. The topological polar surface area (TPSA) is 55.1 Å². The number of nitrogens with two attached hydrogens (primary N) is 1. The van der Waals surface area contributed by atoms with Crippen LogP contribution in [0.3, 0.4) is 0 Å². The van der Waals surface area contributed by atoms with E-state index in [1.165, 1.54) is 32.1 Å². The molecule has 124 valence electrons. The van der Waals surface area contributed by atoms with Gasteiger partial charge < -0.3 is 11.1 Å². The second kappa shape index (κ2) is 8.54. The molecule has 0 heterocycles. The lowest BCUT2D eigenvalue weighted by atomic mass is 9.81. The number of hydrogen-bond acceptors (Lipinski definition) is 2. The van der Waals surface area contributed by atoms with E-state index in [1.807, 2.05) is 44.2 Å². The second-order valence-corrected chi connectivity index (χ2v) is 6.70. The first kappa shape index (κ1) is 19.0. The number of carbonyl (C=O) groups is 1. The summed E-state index contributed by atoms with van der Waals surface area (Å²) in [4.78, 5) is 12.7. The van der Waals surface area contributed by atoms with Crippen molar-refractivity contribution in [2.75, 3.05) is 6.54 Å². The van der Waals surface area contributed by atoms with Crippen LogP contribution in [0.4, 0.5) is 0 Å². The Morgan fingerprint density at radius 2 is 1.82 bits per heavy atom. The number of halogens is 1. The van der Waals surface area contributed by atoms with Gasteiger partial charge in [0.15, 0.2) is 0 Å². The van der Waals surface area contributed by atoms with E-state index >= 15 is 0 Å². The molecular weight excluding hydrogens is 296 g/mol. The average molecular weight is 325 g/mol. The zero-order chi connectivity index (χ0) is 15.3. The Hall–Kier alpha value is -1.06. The highest BCUT2D eigenvalue weighted by Gasteiger charge is 2.33. The maximum absolute atomic E-state index is 12.7. The molecule has 1 fully saturated rings. The normalized spacial score (nSPS) is 17.4. The molecule has 3 nitrogen and oxygen atoms in total. The van der Waals surface area contributed by atoms with Crippen molar-refractivity contribution in [2.45, 2.75) is 57.4 Å². The lowest BCUT2D eigenvalue weighted by Gasteiger charge is -2.33. The van der Waals surface area contributed by atoms with Crippen molar-refractivity contribution >= 4 is 18.3 Å². The zero-order valence-corrected chi connectivity index (χ0v) is 14.5. The lowest BCUT2D eigenvalue weighted by Crippen LogP contribution is -2.51. The fourth-order valence-electron chi connectivity index (χ4n) is 3.24. The van der Waals surface area contributed by atoms with E-state index in [9.17, 15) is 4.79 Å². The van der Waals surface area contributed by atoms with Crippen LogP contribution in [0.15, 0.2) is 30.3 Å². The number of hydrogen-bond donors (Lipinski definition) is 2. The Labute approximate surface area is 140 Å². The fourth-order valence-corrected chi connectivity index (χ4v) is 3.24. The van der Waals surface area contributed by atoms with Gasteiger partial charge in [-0.1, -0.05) is 49.6 Å². The minimum Gasteiger partial charge on any atom is -0.351 e. The van der Waals surface area contributed by atoms with E-state index in [1.54, 1.807) is 0 Å². The van der Waals surface area contributed by atoms with Gasteiger partial charge in [0, 0.05) is 12.6 Å². The fraction of sp³-hybridized carbons (Fsp3) is 0.611. The molecule has 0 radical (unpaired) electrons. The molecule has 2 rings (SSSR count). The van der Waals surface area contributed by atoms with Crippen LogP contribution in [-0.4, -0.2) is 18.5 Å². The summed E-state index contributed by atoms with van der Waals surface area (Å²) in [6, 6.07) is 10.1. The van der Waals surface area contributed by atoms with Crippen molar-refractivity contribution in [3.8, 4) is 0 Å². The Morgan fingerprint density at radius 3 is 2.36 bits per heavy atom. The van der Waals surface area contributed by atoms with E-state index in [2.05, 4.69) is 5.32 Å². The molecule has 3 N–H and O–H groups in total. The summed E-state index contributed by atoms with van der Waals surface area (Å²) >= 11 is 0. The average Bonchev–Trinajstić information content (AvgIpc) is 2.54. The van der Waals surface area contributed by atoms with Crippen LogP contribution >= 0.6 is 12.4 Å². The Morgan fingerprint density at radius 1 is 1.23 bits per heavy atom.